The average Bonchev–Trinajstić information content (AvgIpc) is 2.99. The molecule has 92 valence electrons. The van der Waals surface area contributed by atoms with Crippen molar-refractivity contribution in [3.05, 3.63) is 12.7 Å². The van der Waals surface area contributed by atoms with Crippen molar-refractivity contribution in [2.45, 2.75) is 31.8 Å². The molecule has 1 amide bonds. The third kappa shape index (κ3) is 3.27. The molecule has 1 fully saturated rings. The molecule has 7 nitrogen and oxygen atoms in total. The molecule has 1 heterocycles. The molecule has 1 aliphatic carbocycles. The van der Waals surface area contributed by atoms with Crippen LogP contribution < -0.4 is 0 Å². The fourth-order valence-electron chi connectivity index (χ4n) is 1.65. The minimum absolute atomic E-state index is 0.120. The van der Waals surface area contributed by atoms with Gasteiger partial charge in [-0.2, -0.15) is 5.10 Å². The minimum Gasteiger partial charge on any atom is -0.480 e. The fourth-order valence-corrected chi connectivity index (χ4v) is 1.65. The molecule has 1 aromatic heterocycles. The SMILES string of the molecule is O=C(O)CN(C(=O)CCn1cncn1)C1CC1. The molecule has 1 aromatic rings. The zero-order valence-corrected chi connectivity index (χ0v) is 9.32. The normalized spacial score (nSPS) is 14.6. The Morgan fingerprint density at radius 2 is 2.24 bits per heavy atom. The maximum Gasteiger partial charge on any atom is 0.323 e. The second-order valence-electron chi connectivity index (χ2n) is 4.06. The molecule has 0 bridgehead atoms. The number of amides is 1. The van der Waals surface area contributed by atoms with Crippen LogP contribution in [0.1, 0.15) is 19.3 Å². The van der Waals surface area contributed by atoms with Gasteiger partial charge in [0, 0.05) is 12.5 Å². The van der Waals surface area contributed by atoms with Crippen LogP contribution in [0.4, 0.5) is 0 Å². The van der Waals surface area contributed by atoms with Crippen LogP contribution in [0.25, 0.3) is 0 Å². The molecule has 1 saturated carbocycles. The summed E-state index contributed by atoms with van der Waals surface area (Å²) in [6.45, 7) is 0.225. The summed E-state index contributed by atoms with van der Waals surface area (Å²) < 4.78 is 1.56. The summed E-state index contributed by atoms with van der Waals surface area (Å²) in [5.74, 6) is -1.10. The first-order valence-electron chi connectivity index (χ1n) is 5.50. The van der Waals surface area contributed by atoms with Crippen LogP contribution in [0.2, 0.25) is 0 Å². The first-order valence-corrected chi connectivity index (χ1v) is 5.50. The van der Waals surface area contributed by atoms with Crippen molar-refractivity contribution in [1.82, 2.24) is 19.7 Å². The zero-order chi connectivity index (χ0) is 12.3. The van der Waals surface area contributed by atoms with Crippen LogP contribution in [-0.4, -0.2) is 49.2 Å². The molecule has 1 N–H and O–H groups in total. The van der Waals surface area contributed by atoms with E-state index in [4.69, 9.17) is 5.11 Å². The minimum atomic E-state index is -0.967. The molecule has 0 aliphatic heterocycles. The third-order valence-electron chi connectivity index (χ3n) is 2.63. The Bertz CT molecular complexity index is 400. The Labute approximate surface area is 98.0 Å². The number of carboxylic acids is 1. The van der Waals surface area contributed by atoms with Crippen molar-refractivity contribution in [2.24, 2.45) is 0 Å². The van der Waals surface area contributed by atoms with E-state index in [0.717, 1.165) is 12.8 Å². The van der Waals surface area contributed by atoms with Crippen LogP contribution in [0.3, 0.4) is 0 Å². The second kappa shape index (κ2) is 4.94. The van der Waals surface area contributed by atoms with Gasteiger partial charge in [-0.15, -0.1) is 0 Å². The van der Waals surface area contributed by atoms with Crippen LogP contribution in [0.5, 0.6) is 0 Å². The van der Waals surface area contributed by atoms with Crippen molar-refractivity contribution in [3.63, 3.8) is 0 Å². The summed E-state index contributed by atoms with van der Waals surface area (Å²) >= 11 is 0. The van der Waals surface area contributed by atoms with Gasteiger partial charge in [0.25, 0.3) is 0 Å². The van der Waals surface area contributed by atoms with Crippen LogP contribution in [-0.2, 0) is 16.1 Å². The lowest BCUT2D eigenvalue weighted by Crippen LogP contribution is -2.37. The lowest BCUT2D eigenvalue weighted by Gasteiger charge is -2.19. The van der Waals surface area contributed by atoms with Gasteiger partial charge in [0.15, 0.2) is 0 Å². The summed E-state index contributed by atoms with van der Waals surface area (Å²) in [5.41, 5.74) is 0. The van der Waals surface area contributed by atoms with E-state index in [0.29, 0.717) is 6.54 Å². The molecule has 0 aromatic carbocycles. The van der Waals surface area contributed by atoms with Gasteiger partial charge in [-0.05, 0) is 12.8 Å². The summed E-state index contributed by atoms with van der Waals surface area (Å²) in [6.07, 6.45) is 5.00. The fraction of sp³-hybridized carbons (Fsp3) is 0.600. The van der Waals surface area contributed by atoms with Gasteiger partial charge in [-0.25, -0.2) is 4.98 Å². The lowest BCUT2D eigenvalue weighted by molar-refractivity contribution is -0.145. The summed E-state index contributed by atoms with van der Waals surface area (Å²) in [4.78, 5) is 27.7. The number of aryl methyl sites for hydroxylation is 1. The summed E-state index contributed by atoms with van der Waals surface area (Å²) in [6, 6.07) is 0.120. The molecule has 0 saturated heterocycles. The van der Waals surface area contributed by atoms with Gasteiger partial charge < -0.3 is 10.0 Å². The van der Waals surface area contributed by atoms with Crippen molar-refractivity contribution >= 4 is 11.9 Å². The summed E-state index contributed by atoms with van der Waals surface area (Å²) in [7, 11) is 0. The quantitative estimate of drug-likeness (QED) is 0.737. The van der Waals surface area contributed by atoms with Crippen LogP contribution in [0.15, 0.2) is 12.7 Å². The van der Waals surface area contributed by atoms with E-state index in [-0.39, 0.29) is 24.9 Å². The Kier molecular flexibility index (Phi) is 3.36. The van der Waals surface area contributed by atoms with Crippen LogP contribution in [0, 0.1) is 0 Å². The lowest BCUT2D eigenvalue weighted by atomic mass is 10.3. The molecule has 0 spiro atoms. The third-order valence-corrected chi connectivity index (χ3v) is 2.63. The molecule has 1 aliphatic rings. The number of hydrogen-bond donors (Lipinski definition) is 1. The average molecular weight is 238 g/mol. The topological polar surface area (TPSA) is 88.3 Å². The first-order chi connectivity index (χ1) is 8.16. The molecular formula is C10H14N4O3. The number of aliphatic carboxylic acids is 1. The van der Waals surface area contributed by atoms with Gasteiger partial charge in [-0.3, -0.25) is 14.3 Å². The number of hydrogen-bond acceptors (Lipinski definition) is 4. The predicted molar refractivity (Wildman–Crippen MR) is 57.0 cm³/mol. The number of rotatable bonds is 6. The van der Waals surface area contributed by atoms with Gasteiger partial charge in [0.05, 0.1) is 6.54 Å². The van der Waals surface area contributed by atoms with E-state index < -0.39 is 5.97 Å². The first kappa shape index (κ1) is 11.6. The highest BCUT2D eigenvalue weighted by molar-refractivity contribution is 5.81. The molecule has 0 radical (unpaired) electrons. The largest absolute Gasteiger partial charge is 0.480 e. The smallest absolute Gasteiger partial charge is 0.323 e. The maximum absolute atomic E-state index is 11.9. The van der Waals surface area contributed by atoms with E-state index in [9.17, 15) is 9.59 Å². The highest BCUT2D eigenvalue weighted by Gasteiger charge is 2.33. The highest BCUT2D eigenvalue weighted by atomic mass is 16.4. The monoisotopic (exact) mass is 238 g/mol. The van der Waals surface area contributed by atoms with Crippen LogP contribution >= 0.6 is 0 Å². The number of carbonyl (C=O) groups is 2. The van der Waals surface area contributed by atoms with E-state index in [2.05, 4.69) is 10.1 Å². The predicted octanol–water partition coefficient (Wildman–Crippen LogP) is -0.256. The van der Waals surface area contributed by atoms with Crippen molar-refractivity contribution < 1.29 is 14.7 Å². The number of aromatic nitrogens is 3. The molecular weight excluding hydrogens is 224 g/mol. The maximum atomic E-state index is 11.9. The molecule has 7 heteroatoms. The van der Waals surface area contributed by atoms with Gasteiger partial charge in [0.1, 0.15) is 19.2 Å². The summed E-state index contributed by atoms with van der Waals surface area (Å²) in [5, 5.41) is 12.6. The van der Waals surface area contributed by atoms with Gasteiger partial charge in [0.2, 0.25) is 5.91 Å². The van der Waals surface area contributed by atoms with E-state index in [1.54, 1.807) is 4.68 Å². The highest BCUT2D eigenvalue weighted by Crippen LogP contribution is 2.27. The number of nitrogens with zero attached hydrogens (tertiary/aromatic N) is 4. The van der Waals surface area contributed by atoms with Crippen molar-refractivity contribution in [1.29, 1.82) is 0 Å². The Morgan fingerprint density at radius 3 is 2.76 bits per heavy atom. The Balaban J connectivity index is 1.85. The van der Waals surface area contributed by atoms with Crippen molar-refractivity contribution in [3.8, 4) is 0 Å². The second-order valence-corrected chi connectivity index (χ2v) is 4.06. The molecule has 17 heavy (non-hydrogen) atoms. The van der Waals surface area contributed by atoms with E-state index in [1.165, 1.54) is 17.6 Å². The number of carboxylic acid groups (broad SMARTS) is 1. The Hall–Kier alpha value is -1.92. The molecule has 2 rings (SSSR count). The van der Waals surface area contributed by atoms with Crippen molar-refractivity contribution in [2.75, 3.05) is 6.54 Å². The zero-order valence-electron chi connectivity index (χ0n) is 9.32. The van der Waals surface area contributed by atoms with Gasteiger partial charge in [-0.1, -0.05) is 0 Å². The standard InChI is InChI=1S/C10H14N4O3/c15-9(3-4-13-7-11-6-12-13)14(5-10(16)17)8-1-2-8/h6-8H,1-5H2,(H,16,17). The Morgan fingerprint density at radius 1 is 1.47 bits per heavy atom. The molecule has 0 atom stereocenters. The van der Waals surface area contributed by atoms with Gasteiger partial charge >= 0.3 is 5.97 Å². The van der Waals surface area contributed by atoms with E-state index >= 15 is 0 Å². The number of carbonyl (C=O) groups excluding carboxylic acids is 1. The molecule has 0 unspecified atom stereocenters. The van der Waals surface area contributed by atoms with E-state index in [1.807, 2.05) is 0 Å².